The van der Waals surface area contributed by atoms with E-state index < -0.39 is 16.0 Å². The van der Waals surface area contributed by atoms with E-state index in [0.717, 1.165) is 8.95 Å². The second-order valence-electron chi connectivity index (χ2n) is 6.34. The lowest BCUT2D eigenvalue weighted by molar-refractivity contribution is 0.0696. The van der Waals surface area contributed by atoms with Crippen molar-refractivity contribution in [2.24, 2.45) is 5.92 Å². The fourth-order valence-electron chi connectivity index (χ4n) is 2.49. The monoisotopic (exact) mass is 503 g/mol. The second-order valence-corrected chi connectivity index (χ2v) is 10.0. The molecule has 0 amide bonds. The zero-order chi connectivity index (χ0) is 19.6. The van der Waals surface area contributed by atoms with E-state index in [9.17, 15) is 18.3 Å². The first-order chi connectivity index (χ1) is 12.0. The standard InChI is InChI=1S/C18H19Br2NO4S/c1-11(2)10-21(16-8-14(19)7-15(20)9-16)26(24,25)17-6-13(18(22)23)5-4-12(17)3/h4-9,11H,10H2,1-3H3,(H,22,23). The third-order valence-electron chi connectivity index (χ3n) is 3.67. The molecule has 2 aromatic carbocycles. The topological polar surface area (TPSA) is 74.7 Å². The Morgan fingerprint density at radius 3 is 2.19 bits per heavy atom. The van der Waals surface area contributed by atoms with Gasteiger partial charge >= 0.3 is 5.97 Å². The predicted octanol–water partition coefficient (Wildman–Crippen LogP) is 5.07. The first-order valence-electron chi connectivity index (χ1n) is 7.85. The summed E-state index contributed by atoms with van der Waals surface area (Å²) in [6.45, 7) is 5.77. The van der Waals surface area contributed by atoms with Gasteiger partial charge in [0.25, 0.3) is 10.0 Å². The molecule has 0 atom stereocenters. The third kappa shape index (κ3) is 4.66. The highest BCUT2D eigenvalue weighted by molar-refractivity contribution is 9.11. The van der Waals surface area contributed by atoms with E-state index in [4.69, 9.17) is 0 Å². The molecule has 1 N–H and O–H groups in total. The molecular weight excluding hydrogens is 486 g/mol. The summed E-state index contributed by atoms with van der Waals surface area (Å²) in [4.78, 5) is 11.3. The van der Waals surface area contributed by atoms with Crippen molar-refractivity contribution in [3.8, 4) is 0 Å². The number of carbonyl (C=O) groups is 1. The molecule has 26 heavy (non-hydrogen) atoms. The van der Waals surface area contributed by atoms with Gasteiger partial charge in [-0.3, -0.25) is 4.31 Å². The Bertz CT molecular complexity index is 922. The number of anilines is 1. The van der Waals surface area contributed by atoms with Crippen LogP contribution in [-0.4, -0.2) is 26.0 Å². The lowest BCUT2D eigenvalue weighted by Crippen LogP contribution is -2.34. The minimum Gasteiger partial charge on any atom is -0.478 e. The number of aromatic carboxylic acids is 1. The van der Waals surface area contributed by atoms with Gasteiger partial charge in [-0.15, -0.1) is 0 Å². The van der Waals surface area contributed by atoms with Crippen molar-refractivity contribution >= 4 is 53.5 Å². The predicted molar refractivity (Wildman–Crippen MR) is 109 cm³/mol. The van der Waals surface area contributed by atoms with Crippen LogP contribution >= 0.6 is 31.9 Å². The molecular formula is C18H19Br2NO4S. The Labute approximate surface area is 170 Å². The molecule has 0 fully saturated rings. The fraction of sp³-hybridized carbons (Fsp3) is 0.278. The molecule has 2 rings (SSSR count). The van der Waals surface area contributed by atoms with Crippen LogP contribution in [0.5, 0.6) is 0 Å². The van der Waals surface area contributed by atoms with Gasteiger partial charge in [-0.1, -0.05) is 51.8 Å². The van der Waals surface area contributed by atoms with E-state index in [1.54, 1.807) is 19.1 Å². The summed E-state index contributed by atoms with van der Waals surface area (Å²) >= 11 is 6.77. The number of sulfonamides is 1. The van der Waals surface area contributed by atoms with Gasteiger partial charge in [0.05, 0.1) is 16.1 Å². The first-order valence-corrected chi connectivity index (χ1v) is 10.9. The molecule has 0 aliphatic rings. The van der Waals surface area contributed by atoms with Crippen LogP contribution in [0.1, 0.15) is 29.8 Å². The lowest BCUT2D eigenvalue weighted by atomic mass is 10.1. The van der Waals surface area contributed by atoms with Crippen molar-refractivity contribution in [1.82, 2.24) is 0 Å². The fourth-order valence-corrected chi connectivity index (χ4v) is 5.62. The highest BCUT2D eigenvalue weighted by Crippen LogP contribution is 2.32. The zero-order valence-corrected chi connectivity index (χ0v) is 18.5. The molecule has 0 radical (unpaired) electrons. The molecule has 0 heterocycles. The Balaban J connectivity index is 2.67. The normalized spacial score (nSPS) is 11.6. The summed E-state index contributed by atoms with van der Waals surface area (Å²) in [5.74, 6) is -1.09. The highest BCUT2D eigenvalue weighted by Gasteiger charge is 2.28. The maximum Gasteiger partial charge on any atom is 0.335 e. The number of aryl methyl sites for hydroxylation is 1. The Morgan fingerprint density at radius 1 is 1.12 bits per heavy atom. The third-order valence-corrected chi connectivity index (χ3v) is 6.52. The van der Waals surface area contributed by atoms with Crippen LogP contribution in [0.4, 0.5) is 5.69 Å². The number of halogens is 2. The van der Waals surface area contributed by atoms with E-state index in [0.29, 0.717) is 11.3 Å². The Kier molecular flexibility index (Phi) is 6.52. The van der Waals surface area contributed by atoms with Crippen molar-refractivity contribution in [2.45, 2.75) is 25.7 Å². The van der Waals surface area contributed by atoms with Crippen molar-refractivity contribution in [1.29, 1.82) is 0 Å². The SMILES string of the molecule is Cc1ccc(C(=O)O)cc1S(=O)(=O)N(CC(C)C)c1cc(Br)cc(Br)c1. The van der Waals surface area contributed by atoms with Gasteiger partial charge in [-0.2, -0.15) is 0 Å². The molecule has 5 nitrogen and oxygen atoms in total. The van der Waals surface area contributed by atoms with Crippen LogP contribution in [0.2, 0.25) is 0 Å². The molecule has 0 aliphatic carbocycles. The van der Waals surface area contributed by atoms with Crippen LogP contribution in [0.25, 0.3) is 0 Å². The summed E-state index contributed by atoms with van der Waals surface area (Å²) in [5, 5.41) is 9.22. The van der Waals surface area contributed by atoms with E-state index in [2.05, 4.69) is 31.9 Å². The van der Waals surface area contributed by atoms with Gasteiger partial charge < -0.3 is 5.11 Å². The van der Waals surface area contributed by atoms with Gasteiger partial charge in [-0.25, -0.2) is 13.2 Å². The smallest absolute Gasteiger partial charge is 0.335 e. The van der Waals surface area contributed by atoms with Gasteiger partial charge in [0, 0.05) is 15.5 Å². The number of carboxylic acid groups (broad SMARTS) is 1. The highest BCUT2D eigenvalue weighted by atomic mass is 79.9. The first kappa shape index (κ1) is 20.9. The summed E-state index contributed by atoms with van der Waals surface area (Å²) in [5.41, 5.74) is 0.937. The number of hydrogen-bond donors (Lipinski definition) is 1. The maximum atomic E-state index is 13.4. The van der Waals surface area contributed by atoms with E-state index in [1.807, 2.05) is 19.9 Å². The van der Waals surface area contributed by atoms with Crippen LogP contribution in [0.15, 0.2) is 50.2 Å². The van der Waals surface area contributed by atoms with Crippen molar-refractivity contribution in [3.63, 3.8) is 0 Å². The van der Waals surface area contributed by atoms with Gasteiger partial charge in [0.2, 0.25) is 0 Å². The minimum atomic E-state index is -3.94. The Hall–Kier alpha value is -1.38. The quantitative estimate of drug-likeness (QED) is 0.595. The molecule has 8 heteroatoms. The van der Waals surface area contributed by atoms with Crippen molar-refractivity contribution in [3.05, 3.63) is 56.5 Å². The molecule has 0 aliphatic heterocycles. The zero-order valence-electron chi connectivity index (χ0n) is 14.5. The second kappa shape index (κ2) is 8.10. The van der Waals surface area contributed by atoms with Crippen molar-refractivity contribution < 1.29 is 18.3 Å². The van der Waals surface area contributed by atoms with Crippen molar-refractivity contribution in [2.75, 3.05) is 10.8 Å². The molecule has 0 saturated carbocycles. The number of rotatable bonds is 6. The van der Waals surface area contributed by atoms with E-state index in [-0.39, 0.29) is 22.9 Å². The van der Waals surface area contributed by atoms with Crippen LogP contribution < -0.4 is 4.31 Å². The molecule has 0 unspecified atom stereocenters. The summed E-state index contributed by atoms with van der Waals surface area (Å²) in [6.07, 6.45) is 0. The number of hydrogen-bond acceptors (Lipinski definition) is 3. The summed E-state index contributed by atoms with van der Waals surface area (Å²) in [7, 11) is -3.94. The average Bonchev–Trinajstić information content (AvgIpc) is 2.51. The average molecular weight is 505 g/mol. The van der Waals surface area contributed by atoms with E-state index in [1.165, 1.54) is 22.5 Å². The summed E-state index contributed by atoms with van der Waals surface area (Å²) < 4.78 is 29.6. The lowest BCUT2D eigenvalue weighted by Gasteiger charge is -2.27. The molecule has 0 aromatic heterocycles. The largest absolute Gasteiger partial charge is 0.478 e. The Morgan fingerprint density at radius 2 is 1.69 bits per heavy atom. The van der Waals surface area contributed by atoms with Gasteiger partial charge in [0.1, 0.15) is 0 Å². The number of carboxylic acids is 1. The molecule has 0 spiro atoms. The van der Waals surface area contributed by atoms with Gasteiger partial charge in [-0.05, 0) is 48.7 Å². The molecule has 2 aromatic rings. The van der Waals surface area contributed by atoms with Crippen LogP contribution in [0.3, 0.4) is 0 Å². The molecule has 0 bridgehead atoms. The van der Waals surface area contributed by atoms with Crippen LogP contribution in [0, 0.1) is 12.8 Å². The van der Waals surface area contributed by atoms with Crippen LogP contribution in [-0.2, 0) is 10.0 Å². The number of benzene rings is 2. The molecule has 140 valence electrons. The maximum absolute atomic E-state index is 13.4. The number of nitrogens with zero attached hydrogens (tertiary/aromatic N) is 1. The summed E-state index contributed by atoms with van der Waals surface area (Å²) in [6, 6.07) is 9.40. The van der Waals surface area contributed by atoms with E-state index >= 15 is 0 Å². The minimum absolute atomic E-state index is 0.00542. The van der Waals surface area contributed by atoms with Gasteiger partial charge in [0.15, 0.2) is 0 Å². The molecule has 0 saturated heterocycles.